The fourth-order valence-electron chi connectivity index (χ4n) is 2.25. The second kappa shape index (κ2) is 6.53. The van der Waals surface area contributed by atoms with E-state index in [1.54, 1.807) is 0 Å². The monoisotopic (exact) mass is 269 g/mol. The van der Waals surface area contributed by atoms with E-state index in [1.165, 1.54) is 16.8 Å². The third kappa shape index (κ3) is 3.36. The molecule has 3 nitrogen and oxygen atoms in total. The highest BCUT2D eigenvalue weighted by molar-refractivity contribution is 5.67. The summed E-state index contributed by atoms with van der Waals surface area (Å²) in [6.07, 6.45) is 3.79. The lowest BCUT2D eigenvalue weighted by molar-refractivity contribution is 0.588. The maximum Gasteiger partial charge on any atom is 0.0640 e. The van der Waals surface area contributed by atoms with E-state index in [1.807, 2.05) is 12.4 Å². The summed E-state index contributed by atoms with van der Waals surface area (Å²) >= 11 is 0. The lowest BCUT2D eigenvalue weighted by atomic mass is 10.1. The summed E-state index contributed by atoms with van der Waals surface area (Å²) in [5.74, 6) is 0. The minimum absolute atomic E-state index is 0.472. The van der Waals surface area contributed by atoms with Gasteiger partial charge in [-0.1, -0.05) is 32.0 Å². The van der Waals surface area contributed by atoms with E-state index < -0.39 is 0 Å². The fraction of sp³-hybridized carbons (Fsp3) is 0.353. The van der Waals surface area contributed by atoms with Gasteiger partial charge in [-0.2, -0.15) is 0 Å². The van der Waals surface area contributed by atoms with Gasteiger partial charge in [0.2, 0.25) is 0 Å². The van der Waals surface area contributed by atoms with Crippen LogP contribution in [-0.2, 0) is 6.54 Å². The Hall–Kier alpha value is -1.87. The largest absolute Gasteiger partial charge is 0.343 e. The zero-order valence-corrected chi connectivity index (χ0v) is 12.7. The summed E-state index contributed by atoms with van der Waals surface area (Å²) in [6, 6.07) is 11.0. The maximum atomic E-state index is 4.28. The highest BCUT2D eigenvalue weighted by atomic mass is 15.1. The minimum Gasteiger partial charge on any atom is -0.343 e. The van der Waals surface area contributed by atoms with Crippen molar-refractivity contribution in [3.8, 4) is 0 Å². The van der Waals surface area contributed by atoms with Gasteiger partial charge >= 0.3 is 0 Å². The van der Waals surface area contributed by atoms with Crippen LogP contribution in [0.2, 0.25) is 0 Å². The van der Waals surface area contributed by atoms with E-state index in [4.69, 9.17) is 0 Å². The quantitative estimate of drug-likeness (QED) is 0.898. The number of aryl methyl sites for hydroxylation is 1. The van der Waals surface area contributed by atoms with Crippen molar-refractivity contribution in [1.82, 2.24) is 10.3 Å². The van der Waals surface area contributed by atoms with Crippen LogP contribution < -0.4 is 10.2 Å². The van der Waals surface area contributed by atoms with Gasteiger partial charge in [0.15, 0.2) is 0 Å². The summed E-state index contributed by atoms with van der Waals surface area (Å²) in [6.45, 7) is 7.30. The molecule has 0 bridgehead atoms. The van der Waals surface area contributed by atoms with Crippen molar-refractivity contribution in [1.29, 1.82) is 0 Å². The predicted octanol–water partition coefficient (Wildman–Crippen LogP) is 3.66. The van der Waals surface area contributed by atoms with Crippen LogP contribution in [-0.4, -0.2) is 18.1 Å². The van der Waals surface area contributed by atoms with Gasteiger partial charge in [0.1, 0.15) is 0 Å². The molecular formula is C17H23N3. The molecule has 0 atom stereocenters. The van der Waals surface area contributed by atoms with Crippen LogP contribution >= 0.6 is 0 Å². The van der Waals surface area contributed by atoms with Crippen LogP contribution in [0.1, 0.15) is 25.0 Å². The van der Waals surface area contributed by atoms with Crippen LogP contribution in [0.3, 0.4) is 0 Å². The third-order valence-electron chi connectivity index (χ3n) is 3.43. The van der Waals surface area contributed by atoms with E-state index in [9.17, 15) is 0 Å². The Morgan fingerprint density at radius 3 is 2.60 bits per heavy atom. The van der Waals surface area contributed by atoms with Gasteiger partial charge in [-0.25, -0.2) is 0 Å². The first-order valence-corrected chi connectivity index (χ1v) is 7.05. The van der Waals surface area contributed by atoms with Gasteiger partial charge in [-0.3, -0.25) is 4.98 Å². The SMILES string of the molecule is Cc1ccccc1N(C)c1cnccc1CNC(C)C. The van der Waals surface area contributed by atoms with Crippen molar-refractivity contribution in [3.63, 3.8) is 0 Å². The van der Waals surface area contributed by atoms with Gasteiger partial charge in [-0.05, 0) is 30.2 Å². The van der Waals surface area contributed by atoms with E-state index >= 15 is 0 Å². The zero-order valence-electron chi connectivity index (χ0n) is 12.7. The molecule has 0 aliphatic rings. The lowest BCUT2D eigenvalue weighted by Crippen LogP contribution is -2.23. The van der Waals surface area contributed by atoms with Crippen LogP contribution in [0.25, 0.3) is 0 Å². The molecule has 1 heterocycles. The average Bonchev–Trinajstić information content (AvgIpc) is 2.45. The van der Waals surface area contributed by atoms with Gasteiger partial charge < -0.3 is 10.2 Å². The van der Waals surface area contributed by atoms with Gasteiger partial charge in [-0.15, -0.1) is 0 Å². The normalized spacial score (nSPS) is 10.8. The van der Waals surface area contributed by atoms with Gasteiger partial charge in [0, 0.05) is 31.5 Å². The molecule has 0 aliphatic carbocycles. The smallest absolute Gasteiger partial charge is 0.0640 e. The first-order chi connectivity index (χ1) is 9.59. The molecule has 0 spiro atoms. The molecule has 1 aromatic heterocycles. The molecule has 0 radical (unpaired) electrons. The molecule has 0 unspecified atom stereocenters. The van der Waals surface area contributed by atoms with E-state index in [0.29, 0.717) is 6.04 Å². The molecule has 2 rings (SSSR count). The van der Waals surface area contributed by atoms with Crippen molar-refractivity contribution in [3.05, 3.63) is 53.9 Å². The minimum atomic E-state index is 0.472. The summed E-state index contributed by atoms with van der Waals surface area (Å²) in [5, 5.41) is 3.47. The first-order valence-electron chi connectivity index (χ1n) is 7.05. The second-order valence-corrected chi connectivity index (χ2v) is 5.39. The topological polar surface area (TPSA) is 28.2 Å². The van der Waals surface area contributed by atoms with Crippen molar-refractivity contribution >= 4 is 11.4 Å². The van der Waals surface area contributed by atoms with Crippen molar-refractivity contribution < 1.29 is 0 Å². The molecule has 3 heteroatoms. The lowest BCUT2D eigenvalue weighted by Gasteiger charge is -2.24. The molecule has 0 saturated heterocycles. The number of hydrogen-bond donors (Lipinski definition) is 1. The molecule has 1 aromatic carbocycles. The molecule has 20 heavy (non-hydrogen) atoms. The molecule has 0 aliphatic heterocycles. The summed E-state index contributed by atoms with van der Waals surface area (Å²) in [7, 11) is 2.10. The number of pyridine rings is 1. The molecule has 1 N–H and O–H groups in total. The number of benzene rings is 1. The number of aromatic nitrogens is 1. The molecule has 106 valence electrons. The highest BCUT2D eigenvalue weighted by Crippen LogP contribution is 2.28. The zero-order chi connectivity index (χ0) is 14.5. The Kier molecular flexibility index (Phi) is 4.74. The molecule has 0 fully saturated rings. The first kappa shape index (κ1) is 14.5. The van der Waals surface area contributed by atoms with Gasteiger partial charge in [0.05, 0.1) is 11.9 Å². The fourth-order valence-corrected chi connectivity index (χ4v) is 2.25. The van der Waals surface area contributed by atoms with E-state index in [2.05, 4.69) is 73.4 Å². The number of nitrogens with zero attached hydrogens (tertiary/aromatic N) is 2. The van der Waals surface area contributed by atoms with Crippen LogP contribution in [0.5, 0.6) is 0 Å². The second-order valence-electron chi connectivity index (χ2n) is 5.39. The van der Waals surface area contributed by atoms with Crippen molar-refractivity contribution in [2.75, 3.05) is 11.9 Å². The molecule has 0 amide bonds. The summed E-state index contributed by atoms with van der Waals surface area (Å²) in [5.41, 5.74) is 4.89. The Bertz CT molecular complexity index is 564. The molecular weight excluding hydrogens is 246 g/mol. The average molecular weight is 269 g/mol. The number of anilines is 2. The Balaban J connectivity index is 2.30. The van der Waals surface area contributed by atoms with Crippen LogP contribution in [0, 0.1) is 6.92 Å². The van der Waals surface area contributed by atoms with Crippen LogP contribution in [0.15, 0.2) is 42.7 Å². The summed E-state index contributed by atoms with van der Waals surface area (Å²) < 4.78 is 0. The predicted molar refractivity (Wildman–Crippen MR) is 85.5 cm³/mol. The Labute approximate surface area is 121 Å². The van der Waals surface area contributed by atoms with Crippen molar-refractivity contribution in [2.24, 2.45) is 0 Å². The molecule has 2 aromatic rings. The number of para-hydroxylation sites is 1. The van der Waals surface area contributed by atoms with Gasteiger partial charge in [0.25, 0.3) is 0 Å². The standard InChI is InChI=1S/C17H23N3/c1-13(2)19-11-15-9-10-18-12-17(15)20(4)16-8-6-5-7-14(16)3/h5-10,12-13,19H,11H2,1-4H3. The number of rotatable bonds is 5. The third-order valence-corrected chi connectivity index (χ3v) is 3.43. The number of hydrogen-bond acceptors (Lipinski definition) is 3. The highest BCUT2D eigenvalue weighted by Gasteiger charge is 2.11. The van der Waals surface area contributed by atoms with Crippen LogP contribution in [0.4, 0.5) is 11.4 Å². The molecule has 0 saturated carbocycles. The van der Waals surface area contributed by atoms with E-state index in [0.717, 1.165) is 12.2 Å². The Morgan fingerprint density at radius 2 is 1.90 bits per heavy atom. The van der Waals surface area contributed by atoms with E-state index in [-0.39, 0.29) is 0 Å². The Morgan fingerprint density at radius 1 is 1.15 bits per heavy atom. The number of nitrogens with one attached hydrogen (secondary N) is 1. The van der Waals surface area contributed by atoms with Crippen molar-refractivity contribution in [2.45, 2.75) is 33.4 Å². The summed E-state index contributed by atoms with van der Waals surface area (Å²) in [4.78, 5) is 6.49. The maximum absolute atomic E-state index is 4.28.